The number of benzene rings is 1. The maximum Gasteiger partial charge on any atom is 0.228 e. The van der Waals surface area contributed by atoms with Crippen LogP contribution in [0.3, 0.4) is 0 Å². The highest BCUT2D eigenvalue weighted by Crippen LogP contribution is 2.15. The van der Waals surface area contributed by atoms with E-state index in [0.29, 0.717) is 23.5 Å². The lowest BCUT2D eigenvalue weighted by Crippen LogP contribution is -2.16. The second kappa shape index (κ2) is 5.47. The average Bonchev–Trinajstić information content (AvgIpc) is 2.92. The van der Waals surface area contributed by atoms with Crippen LogP contribution in [0.15, 0.2) is 36.8 Å². The van der Waals surface area contributed by atoms with Crippen LogP contribution in [0.5, 0.6) is 0 Å². The number of carbonyl (C=O) groups excluding carboxylic acids is 1. The van der Waals surface area contributed by atoms with E-state index in [1.54, 1.807) is 22.7 Å². The fraction of sp³-hybridized carbons (Fsp3) is 0.0714. The van der Waals surface area contributed by atoms with Crippen LogP contribution in [0.4, 0.5) is 18.9 Å². The largest absolute Gasteiger partial charge is 0.324 e. The summed E-state index contributed by atoms with van der Waals surface area (Å²) in [5.41, 5.74) is 0.826. The molecule has 0 fully saturated rings. The van der Waals surface area contributed by atoms with Crippen LogP contribution in [0, 0.1) is 17.5 Å². The summed E-state index contributed by atoms with van der Waals surface area (Å²) in [7, 11) is 0. The van der Waals surface area contributed by atoms with Crippen molar-refractivity contribution in [2.45, 2.75) is 6.42 Å². The first-order chi connectivity index (χ1) is 10.5. The molecule has 0 aliphatic heterocycles. The van der Waals surface area contributed by atoms with Crippen LogP contribution in [-0.4, -0.2) is 20.5 Å². The van der Waals surface area contributed by atoms with Gasteiger partial charge in [0.2, 0.25) is 5.91 Å². The topological polar surface area (TPSA) is 59.3 Å². The molecule has 0 aliphatic rings. The van der Waals surface area contributed by atoms with Crippen LogP contribution < -0.4 is 5.32 Å². The predicted molar refractivity (Wildman–Crippen MR) is 71.6 cm³/mol. The molecule has 0 radical (unpaired) electrons. The molecule has 1 aromatic carbocycles. The number of halogens is 3. The van der Waals surface area contributed by atoms with Crippen molar-refractivity contribution in [2.24, 2.45) is 0 Å². The van der Waals surface area contributed by atoms with Gasteiger partial charge in [0.25, 0.3) is 0 Å². The lowest BCUT2D eigenvalue weighted by Gasteiger charge is -2.07. The summed E-state index contributed by atoms with van der Waals surface area (Å²) in [5, 5.41) is 10.0. The van der Waals surface area contributed by atoms with E-state index in [2.05, 4.69) is 15.5 Å². The number of hydrogen-bond acceptors (Lipinski definition) is 3. The summed E-state index contributed by atoms with van der Waals surface area (Å²) in [6.45, 7) is 0. The molecular weight excluding hydrogens is 297 g/mol. The molecule has 3 aromatic rings. The van der Waals surface area contributed by atoms with Gasteiger partial charge < -0.3 is 5.32 Å². The van der Waals surface area contributed by atoms with Crippen molar-refractivity contribution in [1.82, 2.24) is 14.6 Å². The fourth-order valence-corrected chi connectivity index (χ4v) is 1.98. The van der Waals surface area contributed by atoms with E-state index in [9.17, 15) is 18.0 Å². The first-order valence-electron chi connectivity index (χ1n) is 6.25. The third-order valence-corrected chi connectivity index (χ3v) is 3.01. The third-order valence-electron chi connectivity index (χ3n) is 3.01. The quantitative estimate of drug-likeness (QED) is 0.756. The molecule has 112 valence electrons. The molecule has 0 atom stereocenters. The maximum atomic E-state index is 13.5. The molecule has 0 saturated carbocycles. The average molecular weight is 306 g/mol. The van der Waals surface area contributed by atoms with Gasteiger partial charge in [0.1, 0.15) is 12.1 Å². The molecule has 2 heterocycles. The minimum Gasteiger partial charge on any atom is -0.324 e. The van der Waals surface area contributed by atoms with E-state index in [-0.39, 0.29) is 5.56 Å². The van der Waals surface area contributed by atoms with Gasteiger partial charge in [-0.3, -0.25) is 9.20 Å². The first-order valence-corrected chi connectivity index (χ1v) is 6.25. The lowest BCUT2D eigenvalue weighted by atomic mass is 10.1. The third kappa shape index (κ3) is 2.76. The number of aromatic nitrogens is 3. The standard InChI is InChI=1S/C14H9F3N4O/c15-10-5-12(17)11(16)3-8(10)4-14(22)19-9-1-2-13-20-18-7-21(13)6-9/h1-3,5-7H,4H2,(H,19,22). The second-order valence-electron chi connectivity index (χ2n) is 4.60. The summed E-state index contributed by atoms with van der Waals surface area (Å²) in [5.74, 6) is -4.02. The number of nitrogens with zero attached hydrogens (tertiary/aromatic N) is 3. The number of rotatable bonds is 3. The molecule has 0 unspecified atom stereocenters. The minimum absolute atomic E-state index is 0.221. The maximum absolute atomic E-state index is 13.5. The first kappa shape index (κ1) is 14.1. The predicted octanol–water partition coefficient (Wildman–Crippen LogP) is 2.33. The molecule has 3 rings (SSSR count). The summed E-state index contributed by atoms with van der Waals surface area (Å²) < 4.78 is 41.0. The van der Waals surface area contributed by atoms with Gasteiger partial charge in [0.15, 0.2) is 17.3 Å². The smallest absolute Gasteiger partial charge is 0.228 e. The van der Waals surface area contributed by atoms with Crippen LogP contribution in [-0.2, 0) is 11.2 Å². The fourth-order valence-electron chi connectivity index (χ4n) is 1.98. The summed E-state index contributed by atoms with van der Waals surface area (Å²) in [6, 6.07) is 4.33. The highest BCUT2D eigenvalue weighted by molar-refractivity contribution is 5.92. The normalized spacial score (nSPS) is 10.9. The number of nitrogens with one attached hydrogen (secondary N) is 1. The Labute approximate surface area is 122 Å². The van der Waals surface area contributed by atoms with Crippen LogP contribution in [0.1, 0.15) is 5.56 Å². The van der Waals surface area contributed by atoms with Gasteiger partial charge in [-0.25, -0.2) is 13.2 Å². The van der Waals surface area contributed by atoms with E-state index in [1.165, 1.54) is 6.33 Å². The molecule has 0 saturated heterocycles. The van der Waals surface area contributed by atoms with Crippen LogP contribution >= 0.6 is 0 Å². The summed E-state index contributed by atoms with van der Waals surface area (Å²) >= 11 is 0. The van der Waals surface area contributed by atoms with Crippen molar-refractivity contribution >= 4 is 17.2 Å². The lowest BCUT2D eigenvalue weighted by molar-refractivity contribution is -0.115. The number of fused-ring (bicyclic) bond motifs is 1. The van der Waals surface area contributed by atoms with Crippen molar-refractivity contribution in [3.05, 3.63) is 59.8 Å². The van der Waals surface area contributed by atoms with Crippen molar-refractivity contribution in [3.63, 3.8) is 0 Å². The highest BCUT2D eigenvalue weighted by atomic mass is 19.2. The molecular formula is C14H9F3N4O. The molecule has 0 aliphatic carbocycles. The zero-order valence-electron chi connectivity index (χ0n) is 11.1. The van der Waals surface area contributed by atoms with E-state index in [4.69, 9.17) is 0 Å². The van der Waals surface area contributed by atoms with E-state index in [0.717, 1.165) is 0 Å². The second-order valence-corrected chi connectivity index (χ2v) is 4.60. The van der Waals surface area contributed by atoms with Gasteiger partial charge >= 0.3 is 0 Å². The van der Waals surface area contributed by atoms with E-state index in [1.807, 2.05) is 0 Å². The number of amides is 1. The zero-order chi connectivity index (χ0) is 15.7. The Kier molecular flexibility index (Phi) is 3.50. The number of carbonyl (C=O) groups is 1. The van der Waals surface area contributed by atoms with Gasteiger partial charge in [0, 0.05) is 17.8 Å². The van der Waals surface area contributed by atoms with E-state index < -0.39 is 29.8 Å². The van der Waals surface area contributed by atoms with Gasteiger partial charge in [-0.15, -0.1) is 10.2 Å². The molecule has 22 heavy (non-hydrogen) atoms. The van der Waals surface area contributed by atoms with Crippen LogP contribution in [0.25, 0.3) is 5.65 Å². The highest BCUT2D eigenvalue weighted by Gasteiger charge is 2.13. The van der Waals surface area contributed by atoms with E-state index >= 15 is 0 Å². The molecule has 2 aromatic heterocycles. The molecule has 1 amide bonds. The Morgan fingerprint density at radius 2 is 1.91 bits per heavy atom. The Morgan fingerprint density at radius 1 is 1.14 bits per heavy atom. The number of hydrogen-bond donors (Lipinski definition) is 1. The molecule has 0 bridgehead atoms. The number of anilines is 1. The molecule has 5 nitrogen and oxygen atoms in total. The summed E-state index contributed by atoms with van der Waals surface area (Å²) in [6.07, 6.45) is 2.62. The van der Waals surface area contributed by atoms with Crippen molar-refractivity contribution in [2.75, 3.05) is 5.32 Å². The van der Waals surface area contributed by atoms with Crippen molar-refractivity contribution in [3.8, 4) is 0 Å². The molecule has 1 N–H and O–H groups in total. The Morgan fingerprint density at radius 3 is 2.73 bits per heavy atom. The van der Waals surface area contributed by atoms with Crippen molar-refractivity contribution < 1.29 is 18.0 Å². The number of pyridine rings is 1. The minimum atomic E-state index is -1.29. The molecule has 8 heteroatoms. The zero-order valence-corrected chi connectivity index (χ0v) is 11.1. The van der Waals surface area contributed by atoms with Crippen molar-refractivity contribution in [1.29, 1.82) is 0 Å². The van der Waals surface area contributed by atoms with Gasteiger partial charge in [-0.1, -0.05) is 0 Å². The van der Waals surface area contributed by atoms with Gasteiger partial charge in [-0.05, 0) is 18.2 Å². The monoisotopic (exact) mass is 306 g/mol. The Bertz CT molecular complexity index is 862. The molecule has 0 spiro atoms. The van der Waals surface area contributed by atoms with Crippen LogP contribution in [0.2, 0.25) is 0 Å². The van der Waals surface area contributed by atoms with Gasteiger partial charge in [-0.2, -0.15) is 0 Å². The SMILES string of the molecule is O=C(Cc1cc(F)c(F)cc1F)Nc1ccc2nncn2c1. The summed E-state index contributed by atoms with van der Waals surface area (Å²) in [4.78, 5) is 11.9. The van der Waals surface area contributed by atoms with Gasteiger partial charge in [0.05, 0.1) is 12.1 Å². The Balaban J connectivity index is 1.76. The Hall–Kier alpha value is -2.90.